The SMILES string of the molecule is CCCCCC(C)(C)CNC(=O)N1CCC(C)C1C(=O)O. The first-order valence-corrected chi connectivity index (χ1v) is 8.06. The average Bonchev–Trinajstić information content (AvgIpc) is 2.78. The molecule has 2 amide bonds. The Morgan fingerprint density at radius 1 is 1.33 bits per heavy atom. The van der Waals surface area contributed by atoms with Gasteiger partial charge in [-0.1, -0.05) is 47.0 Å². The summed E-state index contributed by atoms with van der Waals surface area (Å²) in [5.74, 6) is -0.886. The van der Waals surface area contributed by atoms with E-state index in [9.17, 15) is 14.7 Å². The number of carbonyl (C=O) groups is 2. The molecule has 122 valence electrons. The molecule has 1 saturated heterocycles. The van der Waals surface area contributed by atoms with Gasteiger partial charge in [0.25, 0.3) is 0 Å². The summed E-state index contributed by atoms with van der Waals surface area (Å²) < 4.78 is 0. The van der Waals surface area contributed by atoms with Crippen molar-refractivity contribution in [2.75, 3.05) is 13.1 Å². The maximum absolute atomic E-state index is 12.2. The molecule has 2 N–H and O–H groups in total. The van der Waals surface area contributed by atoms with Gasteiger partial charge in [0.2, 0.25) is 0 Å². The molecule has 0 aromatic rings. The number of urea groups is 1. The third-order valence-electron chi connectivity index (χ3n) is 4.39. The largest absolute Gasteiger partial charge is 0.480 e. The molecule has 0 spiro atoms. The van der Waals surface area contributed by atoms with Crippen LogP contribution in [-0.2, 0) is 4.79 Å². The number of carbonyl (C=O) groups excluding carboxylic acids is 1. The fraction of sp³-hybridized carbons (Fsp3) is 0.875. The molecule has 1 aliphatic heterocycles. The van der Waals surface area contributed by atoms with E-state index < -0.39 is 12.0 Å². The number of amides is 2. The van der Waals surface area contributed by atoms with Crippen molar-refractivity contribution in [2.24, 2.45) is 11.3 Å². The highest BCUT2D eigenvalue weighted by Crippen LogP contribution is 2.25. The number of likely N-dealkylation sites (tertiary alicyclic amines) is 1. The minimum atomic E-state index is -0.905. The number of hydrogen-bond donors (Lipinski definition) is 2. The van der Waals surface area contributed by atoms with Crippen LogP contribution in [0.15, 0.2) is 0 Å². The number of rotatable bonds is 7. The Morgan fingerprint density at radius 2 is 2.00 bits per heavy atom. The van der Waals surface area contributed by atoms with Crippen LogP contribution in [0.25, 0.3) is 0 Å². The summed E-state index contributed by atoms with van der Waals surface area (Å²) in [5.41, 5.74) is 0.0505. The lowest BCUT2D eigenvalue weighted by Gasteiger charge is -2.28. The van der Waals surface area contributed by atoms with Crippen molar-refractivity contribution < 1.29 is 14.7 Å². The quantitative estimate of drug-likeness (QED) is 0.710. The van der Waals surface area contributed by atoms with Crippen LogP contribution in [-0.4, -0.2) is 41.1 Å². The van der Waals surface area contributed by atoms with Crippen molar-refractivity contribution in [3.63, 3.8) is 0 Å². The van der Waals surface area contributed by atoms with Crippen molar-refractivity contribution in [3.05, 3.63) is 0 Å². The summed E-state index contributed by atoms with van der Waals surface area (Å²) in [4.78, 5) is 25.0. The maximum atomic E-state index is 12.2. The molecule has 0 saturated carbocycles. The molecule has 0 aromatic heterocycles. The van der Waals surface area contributed by atoms with Crippen LogP contribution >= 0.6 is 0 Å². The molecule has 1 aliphatic rings. The maximum Gasteiger partial charge on any atom is 0.326 e. The zero-order chi connectivity index (χ0) is 16.0. The Hall–Kier alpha value is -1.26. The van der Waals surface area contributed by atoms with Crippen LogP contribution in [0, 0.1) is 11.3 Å². The molecule has 1 heterocycles. The fourth-order valence-electron chi connectivity index (χ4n) is 2.91. The van der Waals surface area contributed by atoms with E-state index in [0.29, 0.717) is 13.1 Å². The molecule has 5 nitrogen and oxygen atoms in total. The van der Waals surface area contributed by atoms with E-state index >= 15 is 0 Å². The monoisotopic (exact) mass is 298 g/mol. The van der Waals surface area contributed by atoms with Crippen LogP contribution in [0.5, 0.6) is 0 Å². The summed E-state index contributed by atoms with van der Waals surface area (Å²) in [7, 11) is 0. The fourth-order valence-corrected chi connectivity index (χ4v) is 2.91. The van der Waals surface area contributed by atoms with Crippen LogP contribution in [0.3, 0.4) is 0 Å². The van der Waals surface area contributed by atoms with Gasteiger partial charge in [0, 0.05) is 13.1 Å². The summed E-state index contributed by atoms with van der Waals surface area (Å²) in [6, 6.07) is -0.927. The molecule has 0 radical (unpaired) electrons. The van der Waals surface area contributed by atoms with Crippen molar-refractivity contribution in [2.45, 2.75) is 65.8 Å². The van der Waals surface area contributed by atoms with E-state index in [1.54, 1.807) is 0 Å². The van der Waals surface area contributed by atoms with Crippen molar-refractivity contribution in [3.8, 4) is 0 Å². The topological polar surface area (TPSA) is 69.6 Å². The van der Waals surface area contributed by atoms with Crippen LogP contribution in [0.1, 0.15) is 59.8 Å². The number of aliphatic carboxylic acids is 1. The third kappa shape index (κ3) is 5.21. The zero-order valence-electron chi connectivity index (χ0n) is 13.8. The first-order valence-electron chi connectivity index (χ1n) is 8.06. The smallest absolute Gasteiger partial charge is 0.326 e. The van der Waals surface area contributed by atoms with Gasteiger partial charge in [-0.15, -0.1) is 0 Å². The minimum Gasteiger partial charge on any atom is -0.480 e. The summed E-state index contributed by atoms with van der Waals surface area (Å²) in [6.07, 6.45) is 5.39. The van der Waals surface area contributed by atoms with Crippen molar-refractivity contribution in [1.82, 2.24) is 10.2 Å². The van der Waals surface area contributed by atoms with Crippen LogP contribution < -0.4 is 5.32 Å². The molecule has 2 unspecified atom stereocenters. The molecule has 2 atom stereocenters. The summed E-state index contributed by atoms with van der Waals surface area (Å²) in [6.45, 7) is 9.47. The van der Waals surface area contributed by atoms with Gasteiger partial charge in [-0.3, -0.25) is 0 Å². The second kappa shape index (κ2) is 7.66. The minimum absolute atomic E-state index is 0.0193. The van der Waals surface area contributed by atoms with Gasteiger partial charge >= 0.3 is 12.0 Å². The van der Waals surface area contributed by atoms with Crippen molar-refractivity contribution >= 4 is 12.0 Å². The van der Waals surface area contributed by atoms with Gasteiger partial charge in [-0.05, 0) is 24.2 Å². The predicted octanol–water partition coefficient (Wildman–Crippen LogP) is 3.10. The highest BCUT2D eigenvalue weighted by Gasteiger charge is 2.39. The lowest BCUT2D eigenvalue weighted by Crippen LogP contribution is -2.49. The highest BCUT2D eigenvalue weighted by molar-refractivity contribution is 5.83. The molecule has 1 fully saturated rings. The number of carboxylic acids is 1. The lowest BCUT2D eigenvalue weighted by molar-refractivity contribution is -0.142. The molecular formula is C16H30N2O3. The standard InChI is InChI=1S/C16H30N2O3/c1-5-6-7-9-16(3,4)11-17-15(21)18-10-8-12(2)13(18)14(19)20/h12-13H,5-11H2,1-4H3,(H,17,21)(H,19,20). The molecule has 1 rings (SSSR count). The predicted molar refractivity (Wildman–Crippen MR) is 83.2 cm³/mol. The van der Waals surface area contributed by atoms with Crippen LogP contribution in [0.4, 0.5) is 4.79 Å². The number of carboxylic acid groups (broad SMARTS) is 1. The van der Waals surface area contributed by atoms with Gasteiger partial charge in [0.05, 0.1) is 0 Å². The lowest BCUT2D eigenvalue weighted by atomic mass is 9.87. The van der Waals surface area contributed by atoms with E-state index in [0.717, 1.165) is 19.3 Å². The van der Waals surface area contributed by atoms with Gasteiger partial charge < -0.3 is 15.3 Å². The Labute approximate surface area is 128 Å². The van der Waals surface area contributed by atoms with Gasteiger partial charge in [-0.2, -0.15) is 0 Å². The summed E-state index contributed by atoms with van der Waals surface area (Å²) >= 11 is 0. The van der Waals surface area contributed by atoms with E-state index in [4.69, 9.17) is 0 Å². The third-order valence-corrected chi connectivity index (χ3v) is 4.39. The van der Waals surface area contributed by atoms with E-state index in [1.165, 1.54) is 17.7 Å². The van der Waals surface area contributed by atoms with E-state index in [2.05, 4.69) is 26.1 Å². The molecule has 5 heteroatoms. The van der Waals surface area contributed by atoms with Crippen molar-refractivity contribution in [1.29, 1.82) is 0 Å². The normalized spacial score (nSPS) is 22.4. The van der Waals surface area contributed by atoms with Gasteiger partial charge in [-0.25, -0.2) is 9.59 Å². The second-order valence-corrected chi connectivity index (χ2v) is 7.02. The van der Waals surface area contributed by atoms with E-state index in [-0.39, 0.29) is 17.4 Å². The zero-order valence-corrected chi connectivity index (χ0v) is 13.8. The Balaban J connectivity index is 2.47. The Bertz CT molecular complexity index is 369. The molecule has 0 aliphatic carbocycles. The Kier molecular flexibility index (Phi) is 6.49. The van der Waals surface area contributed by atoms with Crippen LogP contribution in [0.2, 0.25) is 0 Å². The number of nitrogens with zero attached hydrogens (tertiary/aromatic N) is 1. The molecule has 21 heavy (non-hydrogen) atoms. The first kappa shape index (κ1) is 17.8. The number of hydrogen-bond acceptors (Lipinski definition) is 2. The number of unbranched alkanes of at least 4 members (excludes halogenated alkanes) is 2. The summed E-state index contributed by atoms with van der Waals surface area (Å²) in [5, 5.41) is 12.2. The second-order valence-electron chi connectivity index (χ2n) is 7.02. The van der Waals surface area contributed by atoms with Gasteiger partial charge in [0.1, 0.15) is 6.04 Å². The number of nitrogens with one attached hydrogen (secondary N) is 1. The molecule has 0 bridgehead atoms. The Morgan fingerprint density at radius 3 is 2.57 bits per heavy atom. The molecule has 0 aromatic carbocycles. The molecular weight excluding hydrogens is 268 g/mol. The van der Waals surface area contributed by atoms with E-state index in [1.807, 2.05) is 6.92 Å². The first-order chi connectivity index (χ1) is 9.78. The van der Waals surface area contributed by atoms with Gasteiger partial charge in [0.15, 0.2) is 0 Å². The average molecular weight is 298 g/mol. The highest BCUT2D eigenvalue weighted by atomic mass is 16.4.